The fraction of sp³-hybridized carbons (Fsp3) is 0.350. The smallest absolute Gasteiger partial charge is 0.167 e. The second-order valence-electron chi connectivity index (χ2n) is 6.21. The van der Waals surface area contributed by atoms with Crippen LogP contribution in [0.25, 0.3) is 0 Å². The molecule has 0 bridgehead atoms. The molecule has 1 saturated heterocycles. The molecule has 6 heteroatoms. The number of carbonyl (C=O) groups excluding carboxylic acids is 1. The predicted octanol–water partition coefficient (Wildman–Crippen LogP) is 3.33. The maximum Gasteiger partial charge on any atom is 0.167 e. The molecular weight excluding hydrogens is 354 g/mol. The van der Waals surface area contributed by atoms with Gasteiger partial charge in [-0.25, -0.2) is 0 Å². The summed E-state index contributed by atoms with van der Waals surface area (Å²) in [4.78, 5) is 13.5. The molecule has 1 unspecified atom stereocenters. The molecular formula is C20H22ClNO4. The molecule has 26 heavy (non-hydrogen) atoms. The van der Waals surface area contributed by atoms with E-state index >= 15 is 0 Å². The highest BCUT2D eigenvalue weighted by Gasteiger charge is 2.34. The van der Waals surface area contributed by atoms with Gasteiger partial charge in [-0.15, -0.1) is 0 Å². The Bertz CT molecular complexity index is 750. The Balaban J connectivity index is 1.77. The van der Waals surface area contributed by atoms with Crippen molar-refractivity contribution in [2.24, 2.45) is 0 Å². The van der Waals surface area contributed by atoms with E-state index < -0.39 is 6.23 Å². The molecule has 2 aromatic rings. The first-order valence-electron chi connectivity index (χ1n) is 8.42. The number of carbonyl (C=O) groups is 1. The Morgan fingerprint density at radius 2 is 1.81 bits per heavy atom. The van der Waals surface area contributed by atoms with E-state index in [1.165, 1.54) is 0 Å². The fourth-order valence-electron chi connectivity index (χ4n) is 3.20. The first-order chi connectivity index (χ1) is 12.6. The molecule has 1 fully saturated rings. The summed E-state index contributed by atoms with van der Waals surface area (Å²) >= 11 is 5.96. The second-order valence-corrected chi connectivity index (χ2v) is 6.64. The molecule has 1 aliphatic heterocycles. The standard InChI is InChI=1S/C20H22ClNO4/c1-24-18-8-5-15(10-19(18)25-2)9-17-13-26-20(12-23)22(17)11-14-3-6-16(21)7-4-14/h3-8,10,12,17,20H,9,11,13H2,1-2H3/t17-,20?/m0/s1. The van der Waals surface area contributed by atoms with E-state index in [-0.39, 0.29) is 6.04 Å². The van der Waals surface area contributed by atoms with E-state index in [1.54, 1.807) is 14.2 Å². The van der Waals surface area contributed by atoms with Crippen LogP contribution in [0.1, 0.15) is 11.1 Å². The molecule has 2 aromatic carbocycles. The minimum atomic E-state index is -0.532. The van der Waals surface area contributed by atoms with Gasteiger partial charge in [0.25, 0.3) is 0 Å². The van der Waals surface area contributed by atoms with E-state index in [2.05, 4.69) is 4.90 Å². The van der Waals surface area contributed by atoms with Gasteiger partial charge in [-0.2, -0.15) is 0 Å². The lowest BCUT2D eigenvalue weighted by Crippen LogP contribution is -2.38. The van der Waals surface area contributed by atoms with Crippen LogP contribution >= 0.6 is 11.6 Å². The normalized spacial score (nSPS) is 20.1. The van der Waals surface area contributed by atoms with E-state index in [9.17, 15) is 4.79 Å². The average molecular weight is 376 g/mol. The maximum absolute atomic E-state index is 11.4. The monoisotopic (exact) mass is 375 g/mol. The van der Waals surface area contributed by atoms with Crippen molar-refractivity contribution in [3.63, 3.8) is 0 Å². The number of hydrogen-bond acceptors (Lipinski definition) is 5. The van der Waals surface area contributed by atoms with Crippen molar-refractivity contribution in [3.8, 4) is 11.5 Å². The van der Waals surface area contributed by atoms with Gasteiger partial charge < -0.3 is 14.2 Å². The average Bonchev–Trinajstić information content (AvgIpc) is 3.04. The Kier molecular flexibility index (Phi) is 6.14. The van der Waals surface area contributed by atoms with Gasteiger partial charge >= 0.3 is 0 Å². The summed E-state index contributed by atoms with van der Waals surface area (Å²) < 4.78 is 16.3. The Morgan fingerprint density at radius 1 is 1.12 bits per heavy atom. The zero-order chi connectivity index (χ0) is 18.5. The summed E-state index contributed by atoms with van der Waals surface area (Å²) in [5, 5.41) is 0.695. The Morgan fingerprint density at radius 3 is 2.46 bits per heavy atom. The molecule has 0 aliphatic carbocycles. The minimum Gasteiger partial charge on any atom is -0.493 e. The molecule has 3 rings (SSSR count). The number of methoxy groups -OCH3 is 2. The van der Waals surface area contributed by atoms with Crippen molar-refractivity contribution in [3.05, 3.63) is 58.6 Å². The van der Waals surface area contributed by atoms with E-state index in [0.29, 0.717) is 29.7 Å². The van der Waals surface area contributed by atoms with Crippen LogP contribution in [0.5, 0.6) is 11.5 Å². The lowest BCUT2D eigenvalue weighted by Gasteiger charge is -2.25. The summed E-state index contributed by atoms with van der Waals surface area (Å²) in [5.41, 5.74) is 2.19. The van der Waals surface area contributed by atoms with Crippen LogP contribution in [-0.2, 0) is 22.5 Å². The van der Waals surface area contributed by atoms with Gasteiger partial charge in [0.1, 0.15) is 0 Å². The second kappa shape index (κ2) is 8.54. The first kappa shape index (κ1) is 18.7. The third-order valence-electron chi connectivity index (χ3n) is 4.57. The van der Waals surface area contributed by atoms with Gasteiger partial charge in [0, 0.05) is 17.6 Å². The number of ether oxygens (including phenoxy) is 3. The van der Waals surface area contributed by atoms with Crippen molar-refractivity contribution >= 4 is 17.9 Å². The molecule has 0 saturated carbocycles. The molecule has 0 spiro atoms. The Labute approximate surface area is 158 Å². The molecule has 2 atom stereocenters. The van der Waals surface area contributed by atoms with Crippen molar-refractivity contribution in [2.45, 2.75) is 25.2 Å². The maximum atomic E-state index is 11.4. The van der Waals surface area contributed by atoms with E-state index in [0.717, 1.165) is 23.8 Å². The van der Waals surface area contributed by atoms with Crippen LogP contribution in [-0.4, -0.2) is 44.3 Å². The number of hydrogen-bond donors (Lipinski definition) is 0. The molecule has 5 nitrogen and oxygen atoms in total. The van der Waals surface area contributed by atoms with Crippen LogP contribution < -0.4 is 9.47 Å². The number of rotatable bonds is 7. The van der Waals surface area contributed by atoms with Crippen molar-refractivity contribution in [1.82, 2.24) is 4.90 Å². The topological polar surface area (TPSA) is 48.0 Å². The highest BCUT2D eigenvalue weighted by atomic mass is 35.5. The zero-order valence-electron chi connectivity index (χ0n) is 14.9. The largest absolute Gasteiger partial charge is 0.493 e. The van der Waals surface area contributed by atoms with Crippen LogP contribution in [0.2, 0.25) is 5.02 Å². The quantitative estimate of drug-likeness (QED) is 0.695. The first-order valence-corrected chi connectivity index (χ1v) is 8.80. The number of aldehydes is 1. The highest BCUT2D eigenvalue weighted by Crippen LogP contribution is 2.30. The van der Waals surface area contributed by atoms with Gasteiger partial charge in [0.2, 0.25) is 0 Å². The van der Waals surface area contributed by atoms with Crippen LogP contribution in [0.3, 0.4) is 0 Å². The zero-order valence-corrected chi connectivity index (χ0v) is 15.6. The van der Waals surface area contributed by atoms with Gasteiger partial charge in [0.05, 0.1) is 20.8 Å². The number of nitrogens with zero attached hydrogens (tertiary/aromatic N) is 1. The van der Waals surface area contributed by atoms with Gasteiger partial charge in [-0.3, -0.25) is 9.69 Å². The van der Waals surface area contributed by atoms with Crippen molar-refractivity contribution in [2.75, 3.05) is 20.8 Å². The molecule has 1 aliphatic rings. The summed E-state index contributed by atoms with van der Waals surface area (Å²) in [7, 11) is 3.24. The fourth-order valence-corrected chi connectivity index (χ4v) is 3.33. The molecule has 138 valence electrons. The lowest BCUT2D eigenvalue weighted by atomic mass is 10.0. The molecule has 0 radical (unpaired) electrons. The van der Waals surface area contributed by atoms with Crippen LogP contribution in [0, 0.1) is 0 Å². The third kappa shape index (κ3) is 4.18. The van der Waals surface area contributed by atoms with E-state index in [1.807, 2.05) is 42.5 Å². The summed E-state index contributed by atoms with van der Waals surface area (Å²) in [5.74, 6) is 1.39. The Hall–Kier alpha value is -2.08. The molecule has 1 heterocycles. The SMILES string of the molecule is COc1ccc(C[C@H]2COC(C=O)N2Cc2ccc(Cl)cc2)cc1OC. The van der Waals surface area contributed by atoms with Gasteiger partial charge in [-0.1, -0.05) is 29.8 Å². The van der Waals surface area contributed by atoms with Crippen LogP contribution in [0.4, 0.5) is 0 Å². The minimum absolute atomic E-state index is 0.0963. The summed E-state index contributed by atoms with van der Waals surface area (Å²) in [6.07, 6.45) is 1.07. The summed E-state index contributed by atoms with van der Waals surface area (Å²) in [6.45, 7) is 1.13. The lowest BCUT2D eigenvalue weighted by molar-refractivity contribution is -0.122. The summed E-state index contributed by atoms with van der Waals surface area (Å²) in [6, 6.07) is 13.6. The molecule has 0 aromatic heterocycles. The molecule has 0 N–H and O–H groups in total. The van der Waals surface area contributed by atoms with Crippen molar-refractivity contribution < 1.29 is 19.0 Å². The van der Waals surface area contributed by atoms with Gasteiger partial charge in [-0.05, 0) is 41.8 Å². The third-order valence-corrected chi connectivity index (χ3v) is 4.82. The van der Waals surface area contributed by atoms with Crippen LogP contribution in [0.15, 0.2) is 42.5 Å². The number of halogens is 1. The predicted molar refractivity (Wildman–Crippen MR) is 99.8 cm³/mol. The van der Waals surface area contributed by atoms with Crippen molar-refractivity contribution in [1.29, 1.82) is 0 Å². The van der Waals surface area contributed by atoms with Gasteiger partial charge in [0.15, 0.2) is 24.0 Å². The number of benzene rings is 2. The van der Waals surface area contributed by atoms with E-state index in [4.69, 9.17) is 25.8 Å². The molecule has 0 amide bonds. The highest BCUT2D eigenvalue weighted by molar-refractivity contribution is 6.30.